The molecule has 8 nitrogen and oxygen atoms in total. The van der Waals surface area contributed by atoms with Gasteiger partial charge in [0.05, 0.1) is 26.0 Å². The van der Waals surface area contributed by atoms with Crippen LogP contribution in [0.2, 0.25) is 0 Å². The molecule has 3 rings (SSSR count). The number of nitrogens with zero attached hydrogens (tertiary/aromatic N) is 2. The highest BCUT2D eigenvalue weighted by molar-refractivity contribution is 5.74. The molecule has 2 heterocycles. The number of H-pyrrole nitrogens is 1. The van der Waals surface area contributed by atoms with Crippen molar-refractivity contribution in [1.29, 1.82) is 0 Å². The van der Waals surface area contributed by atoms with Gasteiger partial charge in [0.2, 0.25) is 5.82 Å². The zero-order valence-corrected chi connectivity index (χ0v) is 13.9. The van der Waals surface area contributed by atoms with E-state index in [2.05, 4.69) is 25.8 Å². The van der Waals surface area contributed by atoms with Gasteiger partial charge in [0.1, 0.15) is 11.6 Å². The topological polar surface area (TPSA) is 105 Å². The van der Waals surface area contributed by atoms with Gasteiger partial charge in [-0.2, -0.15) is 0 Å². The Bertz CT molecular complexity index is 828. The number of carbonyl (C=O) groups is 1. The van der Waals surface area contributed by atoms with Crippen molar-refractivity contribution in [2.24, 2.45) is 0 Å². The number of hydrogen-bond donors (Lipinski definition) is 3. The zero-order chi connectivity index (χ0) is 17.6. The van der Waals surface area contributed by atoms with Gasteiger partial charge >= 0.3 is 6.03 Å². The van der Waals surface area contributed by atoms with E-state index in [1.54, 1.807) is 25.5 Å². The van der Waals surface area contributed by atoms with E-state index >= 15 is 0 Å². The Morgan fingerprint density at radius 1 is 1.32 bits per heavy atom. The molecule has 1 aromatic carbocycles. The van der Waals surface area contributed by atoms with Crippen LogP contribution in [0.4, 0.5) is 4.79 Å². The predicted molar refractivity (Wildman–Crippen MR) is 90.9 cm³/mol. The minimum atomic E-state index is -0.311. The molecule has 0 fully saturated rings. The SMILES string of the molecule is COc1ccccc1[C@@H](C)NC(=O)NCc1nc(-c2ccco2)n[nH]1. The monoisotopic (exact) mass is 341 g/mol. The number of rotatable bonds is 6. The highest BCUT2D eigenvalue weighted by Gasteiger charge is 2.14. The van der Waals surface area contributed by atoms with E-state index in [9.17, 15) is 4.79 Å². The van der Waals surface area contributed by atoms with Gasteiger partial charge in [0.25, 0.3) is 0 Å². The highest BCUT2D eigenvalue weighted by atomic mass is 16.5. The number of aromatic amines is 1. The second kappa shape index (κ2) is 7.52. The number of hydrogen-bond acceptors (Lipinski definition) is 5. The highest BCUT2D eigenvalue weighted by Crippen LogP contribution is 2.24. The lowest BCUT2D eigenvalue weighted by Crippen LogP contribution is -2.37. The second-order valence-electron chi connectivity index (χ2n) is 5.37. The predicted octanol–water partition coefficient (Wildman–Crippen LogP) is 2.63. The molecular formula is C17H19N5O3. The van der Waals surface area contributed by atoms with E-state index in [4.69, 9.17) is 9.15 Å². The van der Waals surface area contributed by atoms with Gasteiger partial charge in [-0.1, -0.05) is 18.2 Å². The second-order valence-corrected chi connectivity index (χ2v) is 5.37. The van der Waals surface area contributed by atoms with Gasteiger partial charge < -0.3 is 19.8 Å². The van der Waals surface area contributed by atoms with Crippen molar-refractivity contribution in [3.63, 3.8) is 0 Å². The van der Waals surface area contributed by atoms with Gasteiger partial charge in [-0.05, 0) is 25.1 Å². The van der Waals surface area contributed by atoms with Crippen LogP contribution in [0.15, 0.2) is 47.1 Å². The molecule has 3 N–H and O–H groups in total. The first-order chi connectivity index (χ1) is 12.2. The summed E-state index contributed by atoms with van der Waals surface area (Å²) in [5.41, 5.74) is 0.903. The summed E-state index contributed by atoms with van der Waals surface area (Å²) in [5, 5.41) is 12.4. The van der Waals surface area contributed by atoms with Crippen molar-refractivity contribution in [2.75, 3.05) is 7.11 Å². The molecule has 0 unspecified atom stereocenters. The summed E-state index contributed by atoms with van der Waals surface area (Å²) in [6.45, 7) is 2.11. The van der Waals surface area contributed by atoms with Crippen LogP contribution in [-0.4, -0.2) is 28.3 Å². The average Bonchev–Trinajstić information content (AvgIpc) is 3.31. The molecule has 0 bridgehead atoms. The summed E-state index contributed by atoms with van der Waals surface area (Å²) in [5.74, 6) is 2.28. The first kappa shape index (κ1) is 16.6. The molecule has 8 heteroatoms. The van der Waals surface area contributed by atoms with Crippen molar-refractivity contribution < 1.29 is 13.9 Å². The normalized spacial score (nSPS) is 11.8. The lowest BCUT2D eigenvalue weighted by atomic mass is 10.1. The lowest BCUT2D eigenvalue weighted by molar-refractivity contribution is 0.237. The minimum Gasteiger partial charge on any atom is -0.496 e. The van der Waals surface area contributed by atoms with Gasteiger partial charge in [-0.25, -0.2) is 9.78 Å². The lowest BCUT2D eigenvalue weighted by Gasteiger charge is -2.17. The number of amides is 2. The Labute approximate surface area is 144 Å². The molecule has 1 atom stereocenters. The van der Waals surface area contributed by atoms with Crippen molar-refractivity contribution in [2.45, 2.75) is 19.5 Å². The first-order valence-corrected chi connectivity index (χ1v) is 7.80. The van der Waals surface area contributed by atoms with Crippen LogP contribution < -0.4 is 15.4 Å². The van der Waals surface area contributed by atoms with Crippen molar-refractivity contribution in [3.8, 4) is 17.3 Å². The number of nitrogens with one attached hydrogen (secondary N) is 3. The van der Waals surface area contributed by atoms with Gasteiger partial charge in [-0.15, -0.1) is 5.10 Å². The number of benzene rings is 1. The molecule has 0 aliphatic rings. The number of aromatic nitrogens is 3. The van der Waals surface area contributed by atoms with Gasteiger partial charge in [0.15, 0.2) is 5.76 Å². The number of urea groups is 1. The molecule has 0 spiro atoms. The van der Waals surface area contributed by atoms with E-state index in [1.807, 2.05) is 31.2 Å². The number of furan rings is 1. The smallest absolute Gasteiger partial charge is 0.315 e. The summed E-state index contributed by atoms with van der Waals surface area (Å²) in [7, 11) is 1.60. The summed E-state index contributed by atoms with van der Waals surface area (Å²) >= 11 is 0. The van der Waals surface area contributed by atoms with Crippen LogP contribution in [0.1, 0.15) is 24.4 Å². The van der Waals surface area contributed by atoms with E-state index in [1.165, 1.54) is 0 Å². The maximum absolute atomic E-state index is 12.1. The van der Waals surface area contributed by atoms with Crippen LogP contribution in [0, 0.1) is 0 Å². The van der Waals surface area contributed by atoms with Crippen LogP contribution >= 0.6 is 0 Å². The molecule has 3 aromatic rings. The Kier molecular flexibility index (Phi) is 4.98. The summed E-state index contributed by atoms with van der Waals surface area (Å²) in [6.07, 6.45) is 1.55. The quantitative estimate of drug-likeness (QED) is 0.639. The minimum absolute atomic E-state index is 0.204. The Morgan fingerprint density at radius 2 is 2.16 bits per heavy atom. The number of methoxy groups -OCH3 is 1. The molecule has 0 aliphatic heterocycles. The molecular weight excluding hydrogens is 322 g/mol. The average molecular weight is 341 g/mol. The molecule has 0 saturated heterocycles. The first-order valence-electron chi connectivity index (χ1n) is 7.80. The van der Waals surface area contributed by atoms with Crippen LogP contribution in [0.3, 0.4) is 0 Å². The van der Waals surface area contributed by atoms with Crippen molar-refractivity contribution in [3.05, 3.63) is 54.0 Å². The summed E-state index contributed by atoms with van der Waals surface area (Å²) in [4.78, 5) is 16.4. The van der Waals surface area contributed by atoms with E-state index in [0.29, 0.717) is 17.4 Å². The zero-order valence-electron chi connectivity index (χ0n) is 13.9. The molecule has 130 valence electrons. The van der Waals surface area contributed by atoms with Gasteiger partial charge in [0, 0.05) is 5.56 Å². The van der Waals surface area contributed by atoms with E-state index in [0.717, 1.165) is 11.3 Å². The van der Waals surface area contributed by atoms with E-state index in [-0.39, 0.29) is 18.6 Å². The van der Waals surface area contributed by atoms with Crippen LogP contribution in [0.5, 0.6) is 5.75 Å². The summed E-state index contributed by atoms with van der Waals surface area (Å²) < 4.78 is 10.5. The fraction of sp³-hybridized carbons (Fsp3) is 0.235. The third-order valence-corrected chi connectivity index (χ3v) is 3.64. The molecule has 0 aliphatic carbocycles. The number of para-hydroxylation sites is 1. The van der Waals surface area contributed by atoms with Crippen molar-refractivity contribution in [1.82, 2.24) is 25.8 Å². The fourth-order valence-corrected chi connectivity index (χ4v) is 2.40. The Hall–Kier alpha value is -3.29. The van der Waals surface area contributed by atoms with E-state index < -0.39 is 0 Å². The summed E-state index contributed by atoms with van der Waals surface area (Å²) in [6, 6.07) is 10.6. The van der Waals surface area contributed by atoms with Crippen LogP contribution in [0.25, 0.3) is 11.6 Å². The number of ether oxygens (including phenoxy) is 1. The largest absolute Gasteiger partial charge is 0.496 e. The van der Waals surface area contributed by atoms with Crippen LogP contribution in [-0.2, 0) is 6.54 Å². The standard InChI is InChI=1S/C17H19N5O3/c1-11(12-6-3-4-7-13(12)24-2)19-17(23)18-10-15-20-16(22-21-15)14-8-5-9-25-14/h3-9,11H,10H2,1-2H3,(H2,18,19,23)(H,20,21,22)/t11-/m1/s1. The molecule has 2 aromatic heterocycles. The molecule has 25 heavy (non-hydrogen) atoms. The third-order valence-electron chi connectivity index (χ3n) is 3.64. The molecule has 0 radical (unpaired) electrons. The maximum atomic E-state index is 12.1. The third kappa shape index (κ3) is 3.97. The number of carbonyl (C=O) groups excluding carboxylic acids is 1. The maximum Gasteiger partial charge on any atom is 0.315 e. The van der Waals surface area contributed by atoms with Gasteiger partial charge in [-0.3, -0.25) is 5.10 Å². The Balaban J connectivity index is 1.54. The Morgan fingerprint density at radius 3 is 2.92 bits per heavy atom. The fourth-order valence-electron chi connectivity index (χ4n) is 2.40. The molecule has 0 saturated carbocycles. The molecule has 2 amide bonds. The van der Waals surface area contributed by atoms with Crippen molar-refractivity contribution >= 4 is 6.03 Å².